The highest BCUT2D eigenvalue weighted by Gasteiger charge is 2.32. The van der Waals surface area contributed by atoms with Crippen molar-refractivity contribution in [1.29, 1.82) is 0 Å². The summed E-state index contributed by atoms with van der Waals surface area (Å²) >= 11 is 6.63. The van der Waals surface area contributed by atoms with Crippen molar-refractivity contribution in [3.05, 3.63) is 46.2 Å². The molecule has 0 saturated carbocycles. The van der Waals surface area contributed by atoms with Crippen LogP contribution in [0.2, 0.25) is 5.02 Å². The van der Waals surface area contributed by atoms with E-state index >= 15 is 0 Å². The van der Waals surface area contributed by atoms with Gasteiger partial charge in [-0.3, -0.25) is 14.0 Å². The summed E-state index contributed by atoms with van der Waals surface area (Å²) in [6, 6.07) is 6.06. The van der Waals surface area contributed by atoms with Crippen molar-refractivity contribution in [2.45, 2.75) is 85.9 Å². The van der Waals surface area contributed by atoms with Crippen LogP contribution in [0.4, 0.5) is 0 Å². The van der Waals surface area contributed by atoms with Crippen LogP contribution in [0.1, 0.15) is 71.2 Å². The van der Waals surface area contributed by atoms with Crippen LogP contribution in [-0.4, -0.2) is 42.6 Å². The molecule has 1 aromatic carbocycles. The summed E-state index contributed by atoms with van der Waals surface area (Å²) in [7, 11) is 0. The lowest BCUT2D eigenvalue weighted by Gasteiger charge is -2.30. The molecule has 1 aliphatic rings. The fourth-order valence-corrected chi connectivity index (χ4v) is 5.42. The first-order valence-corrected chi connectivity index (χ1v) is 14.0. The van der Waals surface area contributed by atoms with Crippen LogP contribution in [0.15, 0.2) is 28.9 Å². The number of ether oxygens (including phenoxy) is 1. The summed E-state index contributed by atoms with van der Waals surface area (Å²) in [5.41, 5.74) is 4.98. The molecule has 5 rings (SSSR count). The highest BCUT2D eigenvalue weighted by atomic mass is 35.5. The van der Waals surface area contributed by atoms with Crippen LogP contribution >= 0.6 is 11.6 Å². The summed E-state index contributed by atoms with van der Waals surface area (Å²) in [5, 5.41) is 13.9. The number of halogens is 1. The van der Waals surface area contributed by atoms with E-state index in [4.69, 9.17) is 30.9 Å². The number of esters is 1. The van der Waals surface area contributed by atoms with Crippen LogP contribution in [0.3, 0.4) is 0 Å². The van der Waals surface area contributed by atoms with Gasteiger partial charge in [0.2, 0.25) is 0 Å². The quantitative estimate of drug-likeness (QED) is 0.215. The molecule has 1 aliphatic carbocycles. The summed E-state index contributed by atoms with van der Waals surface area (Å²) in [6.45, 7) is 14.3. The standard InChI is InChI=1S/C29H37ClN6O3/c1-7-36-23-15-29(5,6)12-10-19(23)25(33-36)26-32-27(34-39-26)35-17-21(30)20-14-18(8-9-22(20)35)16-31-13-11-24(37)38-28(2,3)4/h8-9,14,17,31H,7,10-13,15-16H2,1-6H3. The summed E-state index contributed by atoms with van der Waals surface area (Å²) in [6.07, 6.45) is 5.15. The van der Waals surface area contributed by atoms with E-state index in [1.807, 2.05) is 49.7 Å². The van der Waals surface area contributed by atoms with Crippen molar-refractivity contribution in [3.63, 3.8) is 0 Å². The average molecular weight is 553 g/mol. The second-order valence-corrected chi connectivity index (χ2v) is 12.4. The molecule has 1 N–H and O–H groups in total. The number of aromatic nitrogens is 5. The zero-order valence-electron chi connectivity index (χ0n) is 23.6. The third-order valence-electron chi connectivity index (χ3n) is 7.07. The van der Waals surface area contributed by atoms with Gasteiger partial charge < -0.3 is 14.6 Å². The molecule has 9 nitrogen and oxygen atoms in total. The van der Waals surface area contributed by atoms with E-state index in [0.29, 0.717) is 36.4 Å². The lowest BCUT2D eigenvalue weighted by molar-refractivity contribution is -0.154. The number of hydrogen-bond acceptors (Lipinski definition) is 7. The molecule has 39 heavy (non-hydrogen) atoms. The van der Waals surface area contributed by atoms with E-state index in [0.717, 1.165) is 48.0 Å². The molecule has 0 amide bonds. The van der Waals surface area contributed by atoms with Gasteiger partial charge in [-0.05, 0) is 75.2 Å². The van der Waals surface area contributed by atoms with E-state index in [2.05, 4.69) is 35.9 Å². The predicted octanol–water partition coefficient (Wildman–Crippen LogP) is 5.89. The summed E-state index contributed by atoms with van der Waals surface area (Å²) in [4.78, 5) is 16.7. The molecule has 10 heteroatoms. The van der Waals surface area contributed by atoms with Gasteiger partial charge >= 0.3 is 5.97 Å². The normalized spacial score (nSPS) is 15.1. The third kappa shape index (κ3) is 5.89. The van der Waals surface area contributed by atoms with Crippen molar-refractivity contribution in [3.8, 4) is 17.5 Å². The molecule has 0 unspecified atom stereocenters. The fourth-order valence-electron chi connectivity index (χ4n) is 5.17. The second kappa shape index (κ2) is 10.4. The highest BCUT2D eigenvalue weighted by Crippen LogP contribution is 2.39. The molecule has 0 aliphatic heterocycles. The molecule has 0 atom stereocenters. The lowest BCUT2D eigenvalue weighted by Crippen LogP contribution is -2.26. The SMILES string of the molecule is CCn1nc(-c2nc(-n3cc(Cl)c4cc(CNCCC(=O)OC(C)(C)C)ccc43)no2)c2c1CC(C)(C)CC2. The number of aryl methyl sites for hydroxylation is 1. The Morgan fingerprint density at radius 3 is 2.82 bits per heavy atom. The minimum absolute atomic E-state index is 0.212. The first kappa shape index (κ1) is 27.4. The van der Waals surface area contributed by atoms with Gasteiger partial charge in [0.05, 0.1) is 17.0 Å². The van der Waals surface area contributed by atoms with Gasteiger partial charge in [0.15, 0.2) is 5.69 Å². The molecule has 4 aromatic rings. The van der Waals surface area contributed by atoms with Crippen molar-refractivity contribution in [1.82, 2.24) is 29.8 Å². The average Bonchev–Trinajstić information content (AvgIpc) is 3.55. The lowest BCUT2D eigenvalue weighted by atomic mass is 9.76. The number of carbonyl (C=O) groups excluding carboxylic acids is 1. The summed E-state index contributed by atoms with van der Waals surface area (Å²) in [5.74, 6) is 0.633. The van der Waals surface area contributed by atoms with Crippen LogP contribution in [0.25, 0.3) is 28.4 Å². The van der Waals surface area contributed by atoms with E-state index < -0.39 is 5.60 Å². The van der Waals surface area contributed by atoms with Gasteiger partial charge in [-0.1, -0.05) is 31.5 Å². The molecule has 0 spiro atoms. The Labute approximate surface area is 233 Å². The van der Waals surface area contributed by atoms with Gasteiger partial charge in [0.1, 0.15) is 5.60 Å². The van der Waals surface area contributed by atoms with Crippen molar-refractivity contribution >= 4 is 28.5 Å². The maximum absolute atomic E-state index is 11.9. The maximum atomic E-state index is 11.9. The molecule has 208 valence electrons. The number of carbonyl (C=O) groups is 1. The van der Waals surface area contributed by atoms with Crippen LogP contribution in [0.5, 0.6) is 0 Å². The fraction of sp³-hybridized carbons (Fsp3) is 0.517. The van der Waals surface area contributed by atoms with Crippen molar-refractivity contribution in [2.75, 3.05) is 6.54 Å². The van der Waals surface area contributed by atoms with Gasteiger partial charge in [-0.2, -0.15) is 10.1 Å². The molecule has 0 fully saturated rings. The number of fused-ring (bicyclic) bond motifs is 2. The maximum Gasteiger partial charge on any atom is 0.307 e. The number of nitrogens with one attached hydrogen (secondary N) is 1. The zero-order valence-corrected chi connectivity index (χ0v) is 24.4. The number of rotatable bonds is 8. The third-order valence-corrected chi connectivity index (χ3v) is 7.37. The summed E-state index contributed by atoms with van der Waals surface area (Å²) < 4.78 is 15.0. The van der Waals surface area contributed by atoms with Gasteiger partial charge in [0.25, 0.3) is 11.8 Å². The van der Waals surface area contributed by atoms with E-state index in [1.165, 1.54) is 11.3 Å². The smallest absolute Gasteiger partial charge is 0.307 e. The molecular weight excluding hydrogens is 516 g/mol. The van der Waals surface area contributed by atoms with Gasteiger partial charge in [-0.25, -0.2) is 0 Å². The van der Waals surface area contributed by atoms with Crippen LogP contribution in [0, 0.1) is 5.41 Å². The van der Waals surface area contributed by atoms with Crippen LogP contribution in [-0.2, 0) is 35.5 Å². The first-order valence-electron chi connectivity index (χ1n) is 13.6. The molecule has 0 saturated heterocycles. The minimum Gasteiger partial charge on any atom is -0.460 e. The Kier molecular flexibility index (Phi) is 7.33. The molecule has 3 heterocycles. The molecule has 0 bridgehead atoms. The molecule has 3 aromatic heterocycles. The Morgan fingerprint density at radius 1 is 1.28 bits per heavy atom. The number of hydrogen-bond donors (Lipinski definition) is 1. The Balaban J connectivity index is 1.33. The molecule has 0 radical (unpaired) electrons. The van der Waals surface area contributed by atoms with Gasteiger partial charge in [0, 0.05) is 42.5 Å². The Morgan fingerprint density at radius 2 is 2.08 bits per heavy atom. The van der Waals surface area contributed by atoms with Gasteiger partial charge in [-0.15, -0.1) is 0 Å². The molecular formula is C29H37ClN6O3. The van der Waals surface area contributed by atoms with Crippen molar-refractivity contribution in [2.24, 2.45) is 5.41 Å². The zero-order chi connectivity index (χ0) is 27.9. The Hall–Kier alpha value is -3.17. The van der Waals surface area contributed by atoms with Crippen LogP contribution < -0.4 is 5.32 Å². The van der Waals surface area contributed by atoms with E-state index in [1.54, 1.807) is 0 Å². The first-order chi connectivity index (χ1) is 18.4. The minimum atomic E-state index is -0.473. The second-order valence-electron chi connectivity index (χ2n) is 12.0. The Bertz CT molecular complexity index is 1510. The topological polar surface area (TPSA) is 100 Å². The number of nitrogens with zero attached hydrogens (tertiary/aromatic N) is 5. The van der Waals surface area contributed by atoms with Crippen molar-refractivity contribution < 1.29 is 14.1 Å². The number of benzene rings is 1. The van der Waals surface area contributed by atoms with E-state index in [9.17, 15) is 4.79 Å². The van der Waals surface area contributed by atoms with E-state index in [-0.39, 0.29) is 11.4 Å². The predicted molar refractivity (Wildman–Crippen MR) is 151 cm³/mol. The monoisotopic (exact) mass is 552 g/mol. The largest absolute Gasteiger partial charge is 0.460 e. The highest BCUT2D eigenvalue weighted by molar-refractivity contribution is 6.35.